The molecule has 0 unspecified atom stereocenters. The van der Waals surface area contributed by atoms with Crippen LogP contribution in [0.15, 0.2) is 42.5 Å². The first-order chi connectivity index (χ1) is 13.5. The highest BCUT2D eigenvalue weighted by molar-refractivity contribution is 6.36. The first-order valence-corrected chi connectivity index (χ1v) is 10.3. The highest BCUT2D eigenvalue weighted by Gasteiger charge is 2.22. The minimum Gasteiger partial charge on any atom is -0.314 e. The lowest BCUT2D eigenvalue weighted by Gasteiger charge is -2.25. The monoisotopic (exact) mass is 418 g/mol. The number of rotatable bonds is 6. The van der Waals surface area contributed by atoms with Crippen molar-refractivity contribution in [3.63, 3.8) is 0 Å². The molecule has 6 heteroatoms. The molecule has 0 aliphatic heterocycles. The van der Waals surface area contributed by atoms with Crippen molar-refractivity contribution in [1.82, 2.24) is 5.32 Å². The van der Waals surface area contributed by atoms with Gasteiger partial charge in [-0.15, -0.1) is 0 Å². The summed E-state index contributed by atoms with van der Waals surface area (Å²) in [6.07, 6.45) is 5.89. The van der Waals surface area contributed by atoms with E-state index in [9.17, 15) is 9.59 Å². The van der Waals surface area contributed by atoms with E-state index in [1.165, 1.54) is 24.2 Å². The lowest BCUT2D eigenvalue weighted by Crippen LogP contribution is -2.41. The molecular weight excluding hydrogens is 395 g/mol. The Bertz CT molecular complexity index is 863. The van der Waals surface area contributed by atoms with E-state index in [2.05, 4.69) is 5.32 Å². The Hall–Kier alpha value is -1.88. The summed E-state index contributed by atoms with van der Waals surface area (Å²) in [5.74, 6) is -0.357. The summed E-state index contributed by atoms with van der Waals surface area (Å²) in [6, 6.07) is 12.2. The Morgan fingerprint density at radius 3 is 2.46 bits per heavy atom. The van der Waals surface area contributed by atoms with Crippen molar-refractivity contribution in [3.05, 3.63) is 63.6 Å². The predicted molar refractivity (Wildman–Crippen MR) is 115 cm³/mol. The van der Waals surface area contributed by atoms with Gasteiger partial charge in [-0.2, -0.15) is 0 Å². The molecule has 0 bridgehead atoms. The number of hydrogen-bond acceptors (Lipinski definition) is 3. The number of halogens is 2. The molecular formula is C22H24Cl2N2O2. The highest BCUT2D eigenvalue weighted by atomic mass is 35.5. The van der Waals surface area contributed by atoms with Crippen LogP contribution in [-0.4, -0.2) is 31.3 Å². The molecule has 1 aliphatic rings. The van der Waals surface area contributed by atoms with Gasteiger partial charge in [0.05, 0.1) is 17.3 Å². The third-order valence-electron chi connectivity index (χ3n) is 5.20. The third-order valence-corrected chi connectivity index (χ3v) is 5.77. The van der Waals surface area contributed by atoms with Crippen LogP contribution in [0, 0.1) is 0 Å². The van der Waals surface area contributed by atoms with Gasteiger partial charge >= 0.3 is 0 Å². The second-order valence-corrected chi connectivity index (χ2v) is 7.98. The van der Waals surface area contributed by atoms with Crippen LogP contribution in [0.5, 0.6) is 0 Å². The summed E-state index contributed by atoms with van der Waals surface area (Å²) in [4.78, 5) is 27.3. The number of likely N-dealkylation sites (N-methyl/N-ethyl adjacent to an activating group) is 1. The zero-order valence-electron chi connectivity index (χ0n) is 15.9. The van der Waals surface area contributed by atoms with E-state index in [1.807, 2.05) is 0 Å². The van der Waals surface area contributed by atoms with Crippen molar-refractivity contribution in [1.29, 1.82) is 0 Å². The summed E-state index contributed by atoms with van der Waals surface area (Å²) in [6.45, 7) is 0.240. The zero-order valence-corrected chi connectivity index (χ0v) is 17.4. The average molecular weight is 419 g/mol. The van der Waals surface area contributed by atoms with Crippen LogP contribution in [0.25, 0.3) is 0 Å². The van der Waals surface area contributed by atoms with Gasteiger partial charge in [-0.05, 0) is 43.2 Å². The summed E-state index contributed by atoms with van der Waals surface area (Å²) in [7, 11) is 1.68. The number of benzene rings is 2. The van der Waals surface area contributed by atoms with Gasteiger partial charge in [0.2, 0.25) is 5.91 Å². The maximum atomic E-state index is 13.1. The Labute approximate surface area is 175 Å². The Balaban J connectivity index is 1.80. The van der Waals surface area contributed by atoms with Gasteiger partial charge in [-0.1, -0.05) is 54.6 Å². The van der Waals surface area contributed by atoms with E-state index in [-0.39, 0.29) is 18.2 Å². The number of hydrogen-bond donors (Lipinski definition) is 1. The fourth-order valence-corrected chi connectivity index (χ4v) is 3.96. The van der Waals surface area contributed by atoms with Crippen LogP contribution in [0.4, 0.5) is 5.69 Å². The minimum absolute atomic E-state index is 0.0962. The largest absolute Gasteiger partial charge is 0.314 e. The van der Waals surface area contributed by atoms with Crippen LogP contribution in [0.2, 0.25) is 10.0 Å². The van der Waals surface area contributed by atoms with Crippen LogP contribution >= 0.6 is 23.2 Å². The molecule has 1 aliphatic carbocycles. The Kier molecular flexibility index (Phi) is 7.11. The molecule has 0 aromatic heterocycles. The molecule has 1 amide bonds. The molecule has 0 saturated heterocycles. The summed E-state index contributed by atoms with van der Waals surface area (Å²) in [5.41, 5.74) is 1.26. The highest BCUT2D eigenvalue weighted by Crippen LogP contribution is 2.28. The number of anilines is 1. The molecule has 1 fully saturated rings. The van der Waals surface area contributed by atoms with Crippen molar-refractivity contribution < 1.29 is 9.59 Å². The molecule has 0 atom stereocenters. The van der Waals surface area contributed by atoms with Crippen LogP contribution < -0.4 is 10.2 Å². The molecule has 3 rings (SSSR count). The summed E-state index contributed by atoms with van der Waals surface area (Å²) in [5, 5.41) is 4.15. The molecule has 28 heavy (non-hydrogen) atoms. The molecule has 0 spiro atoms. The maximum Gasteiger partial charge on any atom is 0.240 e. The van der Waals surface area contributed by atoms with Crippen molar-refractivity contribution >= 4 is 40.6 Å². The number of carbonyl (C=O) groups is 2. The smallest absolute Gasteiger partial charge is 0.240 e. The lowest BCUT2D eigenvalue weighted by atomic mass is 9.95. The Morgan fingerprint density at radius 1 is 1.04 bits per heavy atom. The quantitative estimate of drug-likeness (QED) is 0.662. The van der Waals surface area contributed by atoms with E-state index in [0.29, 0.717) is 32.9 Å². The van der Waals surface area contributed by atoms with Crippen molar-refractivity contribution in [2.45, 2.75) is 38.1 Å². The number of carbonyl (C=O) groups excluding carboxylic acids is 2. The molecule has 1 saturated carbocycles. The van der Waals surface area contributed by atoms with Crippen molar-refractivity contribution in [2.75, 3.05) is 18.5 Å². The van der Waals surface area contributed by atoms with Crippen molar-refractivity contribution in [2.24, 2.45) is 0 Å². The number of nitrogens with zero attached hydrogens (tertiary/aromatic N) is 1. The van der Waals surface area contributed by atoms with Gasteiger partial charge in [0.15, 0.2) is 5.78 Å². The van der Waals surface area contributed by atoms with Gasteiger partial charge in [0, 0.05) is 29.2 Å². The van der Waals surface area contributed by atoms with E-state index in [4.69, 9.17) is 23.2 Å². The van der Waals surface area contributed by atoms with Crippen LogP contribution in [0.1, 0.15) is 48.0 Å². The molecule has 2 aromatic carbocycles. The fourth-order valence-electron chi connectivity index (χ4n) is 3.56. The van der Waals surface area contributed by atoms with Crippen LogP contribution in [-0.2, 0) is 4.79 Å². The Morgan fingerprint density at radius 2 is 1.75 bits per heavy atom. The number of nitrogens with one attached hydrogen (secondary N) is 1. The molecule has 0 heterocycles. The molecule has 1 N–H and O–H groups in total. The normalized spacial score (nSPS) is 14.7. The maximum absolute atomic E-state index is 13.1. The van der Waals surface area contributed by atoms with E-state index in [0.717, 1.165) is 12.8 Å². The van der Waals surface area contributed by atoms with E-state index >= 15 is 0 Å². The molecule has 2 aromatic rings. The third kappa shape index (κ3) is 4.93. The molecule has 148 valence electrons. The summed E-state index contributed by atoms with van der Waals surface area (Å²) < 4.78 is 0. The van der Waals surface area contributed by atoms with Gasteiger partial charge < -0.3 is 10.2 Å². The zero-order chi connectivity index (χ0) is 20.1. The number of ketones is 1. The van der Waals surface area contributed by atoms with Crippen LogP contribution in [0.3, 0.4) is 0 Å². The average Bonchev–Trinajstić information content (AvgIpc) is 2.72. The second kappa shape index (κ2) is 9.55. The van der Waals surface area contributed by atoms with Gasteiger partial charge in [0.1, 0.15) is 0 Å². The topological polar surface area (TPSA) is 49.4 Å². The fraction of sp³-hybridized carbons (Fsp3) is 0.364. The van der Waals surface area contributed by atoms with Gasteiger partial charge in [-0.25, -0.2) is 0 Å². The number of amides is 1. The molecule has 0 radical (unpaired) electrons. The SMILES string of the molecule is CN(C(=O)CNC1CCCCC1)c1ccc(Cl)cc1C(=O)c1ccccc1Cl. The summed E-state index contributed by atoms with van der Waals surface area (Å²) >= 11 is 12.3. The predicted octanol–water partition coefficient (Wildman–Crippen LogP) is 5.11. The first kappa shape index (κ1) is 20.8. The van der Waals surface area contributed by atoms with Crippen molar-refractivity contribution in [3.8, 4) is 0 Å². The standard InChI is InChI=1S/C22H24Cl2N2O2/c1-26(21(27)14-25-16-7-3-2-4-8-16)20-12-11-15(23)13-18(20)22(28)17-9-5-6-10-19(17)24/h5-6,9-13,16,25H,2-4,7-8,14H2,1H3. The van der Waals surface area contributed by atoms with E-state index in [1.54, 1.807) is 49.5 Å². The van der Waals surface area contributed by atoms with Gasteiger partial charge in [-0.3, -0.25) is 9.59 Å². The molecule has 4 nitrogen and oxygen atoms in total. The van der Waals surface area contributed by atoms with Gasteiger partial charge in [0.25, 0.3) is 0 Å². The first-order valence-electron chi connectivity index (χ1n) is 9.56. The van der Waals surface area contributed by atoms with E-state index < -0.39 is 0 Å². The minimum atomic E-state index is -0.261. The lowest BCUT2D eigenvalue weighted by molar-refractivity contribution is -0.117. The second-order valence-electron chi connectivity index (χ2n) is 7.14.